The van der Waals surface area contributed by atoms with E-state index in [2.05, 4.69) is 10.3 Å². The molecule has 2 rings (SSSR count). The fraction of sp³-hybridized carbons (Fsp3) is 0.250. The second-order valence-electron chi connectivity index (χ2n) is 5.34. The third kappa shape index (κ3) is 4.94. The Kier molecular flexibility index (Phi) is 5.80. The van der Waals surface area contributed by atoms with Crippen molar-refractivity contribution in [3.8, 4) is 0 Å². The molecule has 0 bridgehead atoms. The molecule has 128 valence electrons. The molecule has 2 aromatic rings. The molecule has 1 heterocycles. The summed E-state index contributed by atoms with van der Waals surface area (Å²) in [6, 6.07) is 8.43. The minimum Gasteiger partial charge on any atom is -0.350 e. The van der Waals surface area contributed by atoms with Gasteiger partial charge in [-0.15, -0.1) is 0 Å². The monoisotopic (exact) mass is 367 g/mol. The van der Waals surface area contributed by atoms with Gasteiger partial charge >= 0.3 is 0 Å². The van der Waals surface area contributed by atoms with Crippen LogP contribution in [-0.4, -0.2) is 32.1 Å². The van der Waals surface area contributed by atoms with E-state index in [4.69, 9.17) is 11.6 Å². The summed E-state index contributed by atoms with van der Waals surface area (Å²) in [4.78, 5) is 16.1. The number of aromatic nitrogens is 1. The zero-order valence-corrected chi connectivity index (χ0v) is 14.9. The van der Waals surface area contributed by atoms with Gasteiger partial charge in [-0.05, 0) is 42.3 Å². The standard InChI is InChI=1S/C16H18ClN3O3S/c1-12-8-14(17)5-6-15(12)20(24(2,22)23)11-16(21)19-10-13-4-3-7-18-9-13/h3-9H,10-11H2,1-2H3,(H,19,21). The van der Waals surface area contributed by atoms with E-state index in [-0.39, 0.29) is 13.1 Å². The number of sulfonamides is 1. The lowest BCUT2D eigenvalue weighted by Gasteiger charge is -2.23. The SMILES string of the molecule is Cc1cc(Cl)ccc1N(CC(=O)NCc1cccnc1)S(C)(=O)=O. The van der Waals surface area contributed by atoms with Crippen molar-refractivity contribution in [2.75, 3.05) is 17.1 Å². The largest absolute Gasteiger partial charge is 0.350 e. The van der Waals surface area contributed by atoms with E-state index < -0.39 is 15.9 Å². The maximum absolute atomic E-state index is 12.2. The smallest absolute Gasteiger partial charge is 0.241 e. The molecule has 0 radical (unpaired) electrons. The van der Waals surface area contributed by atoms with Crippen LogP contribution in [0.25, 0.3) is 0 Å². The molecular formula is C16H18ClN3O3S. The van der Waals surface area contributed by atoms with Crippen LogP contribution in [-0.2, 0) is 21.4 Å². The van der Waals surface area contributed by atoms with Gasteiger partial charge < -0.3 is 5.32 Å². The highest BCUT2D eigenvalue weighted by Gasteiger charge is 2.22. The molecule has 0 fully saturated rings. The lowest BCUT2D eigenvalue weighted by atomic mass is 10.2. The van der Waals surface area contributed by atoms with Crippen LogP contribution >= 0.6 is 11.6 Å². The highest BCUT2D eigenvalue weighted by Crippen LogP contribution is 2.25. The highest BCUT2D eigenvalue weighted by atomic mass is 35.5. The van der Waals surface area contributed by atoms with E-state index >= 15 is 0 Å². The Hall–Kier alpha value is -2.12. The van der Waals surface area contributed by atoms with E-state index in [9.17, 15) is 13.2 Å². The molecule has 1 N–H and O–H groups in total. The molecule has 0 saturated carbocycles. The molecule has 1 aromatic carbocycles. The lowest BCUT2D eigenvalue weighted by Crippen LogP contribution is -2.40. The molecule has 0 unspecified atom stereocenters. The van der Waals surface area contributed by atoms with Crippen LogP contribution in [0, 0.1) is 6.92 Å². The summed E-state index contributed by atoms with van der Waals surface area (Å²) in [6.45, 7) is 1.72. The normalized spacial score (nSPS) is 11.1. The first-order valence-corrected chi connectivity index (χ1v) is 9.39. The zero-order valence-electron chi connectivity index (χ0n) is 13.4. The minimum absolute atomic E-state index is 0.282. The van der Waals surface area contributed by atoms with Crippen molar-refractivity contribution in [1.29, 1.82) is 0 Å². The van der Waals surface area contributed by atoms with Crippen LogP contribution in [0.5, 0.6) is 0 Å². The maximum Gasteiger partial charge on any atom is 0.241 e. The predicted molar refractivity (Wildman–Crippen MR) is 94.5 cm³/mol. The molecule has 1 amide bonds. The van der Waals surface area contributed by atoms with Gasteiger partial charge in [0.05, 0.1) is 11.9 Å². The molecule has 0 aliphatic rings. The molecular weight excluding hydrogens is 350 g/mol. The number of nitrogens with zero attached hydrogens (tertiary/aromatic N) is 2. The second-order valence-corrected chi connectivity index (χ2v) is 7.68. The van der Waals surface area contributed by atoms with Crippen LogP contribution < -0.4 is 9.62 Å². The summed E-state index contributed by atoms with van der Waals surface area (Å²) in [5.41, 5.74) is 1.94. The number of pyridine rings is 1. The number of nitrogens with one attached hydrogen (secondary N) is 1. The molecule has 8 heteroatoms. The number of amides is 1. The molecule has 0 spiro atoms. The number of benzene rings is 1. The molecule has 0 saturated heterocycles. The summed E-state index contributed by atoms with van der Waals surface area (Å²) >= 11 is 5.91. The molecule has 0 atom stereocenters. The Morgan fingerprint density at radius 1 is 1.33 bits per heavy atom. The van der Waals surface area contributed by atoms with Gasteiger partial charge in [-0.25, -0.2) is 8.42 Å². The summed E-state index contributed by atoms with van der Waals surface area (Å²) in [7, 11) is -3.61. The third-order valence-corrected chi connectivity index (χ3v) is 4.69. The van der Waals surface area contributed by atoms with Crippen molar-refractivity contribution in [1.82, 2.24) is 10.3 Å². The fourth-order valence-electron chi connectivity index (χ4n) is 2.17. The van der Waals surface area contributed by atoms with Crippen LogP contribution in [0.15, 0.2) is 42.7 Å². The quantitative estimate of drug-likeness (QED) is 0.848. The van der Waals surface area contributed by atoms with Crippen molar-refractivity contribution >= 4 is 33.2 Å². The average molecular weight is 368 g/mol. The Morgan fingerprint density at radius 3 is 2.67 bits per heavy atom. The Morgan fingerprint density at radius 2 is 2.08 bits per heavy atom. The van der Waals surface area contributed by atoms with E-state index in [0.717, 1.165) is 16.1 Å². The molecule has 6 nitrogen and oxygen atoms in total. The van der Waals surface area contributed by atoms with Gasteiger partial charge in [-0.2, -0.15) is 0 Å². The van der Waals surface area contributed by atoms with Crippen molar-refractivity contribution in [2.24, 2.45) is 0 Å². The molecule has 0 aliphatic heterocycles. The van der Waals surface area contributed by atoms with Crippen molar-refractivity contribution in [2.45, 2.75) is 13.5 Å². The fourth-order valence-corrected chi connectivity index (χ4v) is 3.31. The van der Waals surface area contributed by atoms with Crippen molar-refractivity contribution in [3.63, 3.8) is 0 Å². The molecule has 0 aliphatic carbocycles. The van der Waals surface area contributed by atoms with E-state index in [1.807, 2.05) is 6.07 Å². The molecule has 1 aromatic heterocycles. The molecule has 24 heavy (non-hydrogen) atoms. The van der Waals surface area contributed by atoms with E-state index in [1.54, 1.807) is 43.6 Å². The Labute approximate surface area is 146 Å². The highest BCUT2D eigenvalue weighted by molar-refractivity contribution is 7.92. The second kappa shape index (κ2) is 7.63. The van der Waals surface area contributed by atoms with E-state index in [0.29, 0.717) is 16.3 Å². The number of carbonyl (C=O) groups is 1. The zero-order chi connectivity index (χ0) is 17.7. The lowest BCUT2D eigenvalue weighted by molar-refractivity contribution is -0.119. The van der Waals surface area contributed by atoms with Gasteiger partial charge in [0, 0.05) is 24.0 Å². The Bertz CT molecular complexity index is 826. The van der Waals surface area contributed by atoms with Crippen LogP contribution in [0.3, 0.4) is 0 Å². The van der Waals surface area contributed by atoms with Crippen molar-refractivity contribution < 1.29 is 13.2 Å². The van der Waals surface area contributed by atoms with Gasteiger partial charge in [-0.1, -0.05) is 17.7 Å². The first-order valence-electron chi connectivity index (χ1n) is 7.17. The minimum atomic E-state index is -3.61. The van der Waals surface area contributed by atoms with Crippen LogP contribution in [0.2, 0.25) is 5.02 Å². The summed E-state index contributed by atoms with van der Waals surface area (Å²) < 4.78 is 25.2. The first kappa shape index (κ1) is 18.2. The van der Waals surface area contributed by atoms with Crippen LogP contribution in [0.1, 0.15) is 11.1 Å². The van der Waals surface area contributed by atoms with Gasteiger partial charge in [0.2, 0.25) is 15.9 Å². The summed E-state index contributed by atoms with van der Waals surface area (Å²) in [5.74, 6) is -0.404. The Balaban J connectivity index is 2.13. The van der Waals surface area contributed by atoms with E-state index in [1.165, 1.54) is 0 Å². The van der Waals surface area contributed by atoms with Gasteiger partial charge in [0.15, 0.2) is 0 Å². The van der Waals surface area contributed by atoms with Gasteiger partial charge in [-0.3, -0.25) is 14.1 Å². The number of hydrogen-bond acceptors (Lipinski definition) is 4. The number of hydrogen-bond donors (Lipinski definition) is 1. The number of carbonyl (C=O) groups excluding carboxylic acids is 1. The van der Waals surface area contributed by atoms with Gasteiger partial charge in [0.25, 0.3) is 0 Å². The number of aryl methyl sites for hydroxylation is 1. The third-order valence-electron chi connectivity index (χ3n) is 3.33. The van der Waals surface area contributed by atoms with Crippen molar-refractivity contribution in [3.05, 3.63) is 58.9 Å². The van der Waals surface area contributed by atoms with Crippen LogP contribution in [0.4, 0.5) is 5.69 Å². The predicted octanol–water partition coefficient (Wildman–Crippen LogP) is 2.13. The topological polar surface area (TPSA) is 79.4 Å². The number of rotatable bonds is 6. The first-order chi connectivity index (χ1) is 11.3. The number of anilines is 1. The number of halogens is 1. The maximum atomic E-state index is 12.2. The average Bonchev–Trinajstić information content (AvgIpc) is 2.51. The summed E-state index contributed by atoms with van der Waals surface area (Å²) in [5, 5.41) is 3.20. The summed E-state index contributed by atoms with van der Waals surface area (Å²) in [6.07, 6.45) is 4.34. The van der Waals surface area contributed by atoms with Gasteiger partial charge in [0.1, 0.15) is 6.54 Å².